The molecule has 0 spiro atoms. The summed E-state index contributed by atoms with van der Waals surface area (Å²) in [7, 11) is 0. The molecule has 0 saturated carbocycles. The van der Waals surface area contributed by atoms with Gasteiger partial charge in [0, 0.05) is 47.0 Å². The molecule has 6 amide bonds. The number of anilines is 6. The van der Waals surface area contributed by atoms with Crippen LogP contribution in [0.15, 0.2) is 109 Å². The molecule has 0 fully saturated rings. The number of benzene rings is 4. The van der Waals surface area contributed by atoms with E-state index in [2.05, 4.69) is 31.9 Å². The topological polar surface area (TPSA) is 140 Å². The van der Waals surface area contributed by atoms with E-state index in [1.165, 1.54) is 0 Å². The van der Waals surface area contributed by atoms with Crippen molar-refractivity contribution in [2.45, 2.75) is 19.3 Å². The Bertz CT molecular complexity index is 1350. The van der Waals surface area contributed by atoms with Gasteiger partial charge in [-0.25, -0.2) is 9.59 Å². The number of carbonyl (C=O) groups is 4. The zero-order valence-corrected chi connectivity index (χ0v) is 22.1. The summed E-state index contributed by atoms with van der Waals surface area (Å²) in [6.45, 7) is 0. The fourth-order valence-corrected chi connectivity index (χ4v) is 3.76. The van der Waals surface area contributed by atoms with Gasteiger partial charge in [-0.15, -0.1) is 0 Å². The first kappa shape index (κ1) is 28.4. The highest BCUT2D eigenvalue weighted by Crippen LogP contribution is 2.17. The summed E-state index contributed by atoms with van der Waals surface area (Å²) in [4.78, 5) is 48.8. The summed E-state index contributed by atoms with van der Waals surface area (Å²) < 4.78 is 0. The van der Waals surface area contributed by atoms with E-state index in [1.54, 1.807) is 72.8 Å². The Balaban J connectivity index is 1.12. The quantitative estimate of drug-likeness (QED) is 0.130. The van der Waals surface area contributed by atoms with Gasteiger partial charge in [0.25, 0.3) is 0 Å². The minimum Gasteiger partial charge on any atom is -0.326 e. The predicted molar refractivity (Wildman–Crippen MR) is 162 cm³/mol. The van der Waals surface area contributed by atoms with Crippen LogP contribution in [-0.2, 0) is 9.59 Å². The summed E-state index contributed by atoms with van der Waals surface area (Å²) >= 11 is 0. The van der Waals surface area contributed by atoms with Gasteiger partial charge in [-0.2, -0.15) is 0 Å². The van der Waals surface area contributed by atoms with Crippen molar-refractivity contribution < 1.29 is 19.2 Å². The van der Waals surface area contributed by atoms with Gasteiger partial charge in [0.15, 0.2) is 0 Å². The lowest BCUT2D eigenvalue weighted by atomic mass is 10.2. The van der Waals surface area contributed by atoms with E-state index in [0.29, 0.717) is 40.5 Å². The molecule has 4 aromatic carbocycles. The van der Waals surface area contributed by atoms with Gasteiger partial charge in [-0.05, 0) is 79.2 Å². The molecule has 6 N–H and O–H groups in total. The zero-order valence-electron chi connectivity index (χ0n) is 22.1. The molecule has 0 bridgehead atoms. The smallest absolute Gasteiger partial charge is 0.323 e. The van der Waals surface area contributed by atoms with Gasteiger partial charge in [0.2, 0.25) is 11.8 Å². The molecule has 41 heavy (non-hydrogen) atoms. The van der Waals surface area contributed by atoms with Crippen molar-refractivity contribution in [1.29, 1.82) is 0 Å². The molecule has 0 radical (unpaired) electrons. The van der Waals surface area contributed by atoms with Gasteiger partial charge in [0.1, 0.15) is 0 Å². The molecule has 0 atom stereocenters. The number of amides is 6. The highest BCUT2D eigenvalue weighted by molar-refractivity contribution is 6.01. The first-order valence-electron chi connectivity index (χ1n) is 13.0. The van der Waals surface area contributed by atoms with E-state index < -0.39 is 0 Å². The summed E-state index contributed by atoms with van der Waals surface area (Å²) in [6, 6.07) is 30.9. The molecular weight excluding hydrogens is 520 g/mol. The maximum absolute atomic E-state index is 12.3. The number of urea groups is 2. The third kappa shape index (κ3) is 9.88. The van der Waals surface area contributed by atoms with Crippen LogP contribution in [0, 0.1) is 0 Å². The normalized spacial score (nSPS) is 10.1. The van der Waals surface area contributed by atoms with Crippen LogP contribution in [0.25, 0.3) is 0 Å². The molecule has 0 heterocycles. The SMILES string of the molecule is O=C(CCCC(=O)Nc1ccc(NC(=O)Nc2ccccc2)cc1)Nc1ccc(NC(=O)Nc2ccccc2)cc1. The second kappa shape index (κ2) is 14.5. The minimum atomic E-state index is -0.370. The number of nitrogens with one attached hydrogen (secondary N) is 6. The van der Waals surface area contributed by atoms with Crippen LogP contribution in [-0.4, -0.2) is 23.9 Å². The predicted octanol–water partition coefficient (Wildman–Crippen LogP) is 6.72. The monoisotopic (exact) mass is 550 g/mol. The Hall–Kier alpha value is -5.64. The van der Waals surface area contributed by atoms with Crippen LogP contribution in [0.2, 0.25) is 0 Å². The van der Waals surface area contributed by atoms with Gasteiger partial charge < -0.3 is 31.9 Å². The molecule has 0 aliphatic carbocycles. The maximum atomic E-state index is 12.3. The Morgan fingerprint density at radius 2 is 0.634 bits per heavy atom. The van der Waals surface area contributed by atoms with Crippen molar-refractivity contribution in [2.24, 2.45) is 0 Å². The van der Waals surface area contributed by atoms with Crippen molar-refractivity contribution in [1.82, 2.24) is 0 Å². The first-order chi connectivity index (χ1) is 19.9. The lowest BCUT2D eigenvalue weighted by Crippen LogP contribution is -2.19. The maximum Gasteiger partial charge on any atom is 0.323 e. The highest BCUT2D eigenvalue weighted by Gasteiger charge is 2.08. The van der Waals surface area contributed by atoms with E-state index in [-0.39, 0.29) is 36.7 Å². The van der Waals surface area contributed by atoms with E-state index in [9.17, 15) is 19.2 Å². The molecule has 4 rings (SSSR count). The Morgan fingerprint density at radius 3 is 0.951 bits per heavy atom. The van der Waals surface area contributed by atoms with Crippen LogP contribution >= 0.6 is 0 Å². The summed E-state index contributed by atoms with van der Waals surface area (Å²) in [5.74, 6) is -0.436. The molecule has 208 valence electrons. The lowest BCUT2D eigenvalue weighted by molar-refractivity contribution is -0.117. The van der Waals surface area contributed by atoms with E-state index in [1.807, 2.05) is 36.4 Å². The van der Waals surface area contributed by atoms with Crippen molar-refractivity contribution in [3.05, 3.63) is 109 Å². The zero-order chi connectivity index (χ0) is 28.9. The van der Waals surface area contributed by atoms with E-state index in [4.69, 9.17) is 0 Å². The highest BCUT2D eigenvalue weighted by atomic mass is 16.2. The molecule has 0 aliphatic heterocycles. The Kier molecular flexibility index (Phi) is 10.0. The molecule has 0 unspecified atom stereocenters. The van der Waals surface area contributed by atoms with Gasteiger partial charge >= 0.3 is 12.1 Å². The Labute approximate surface area is 237 Å². The van der Waals surface area contributed by atoms with E-state index in [0.717, 1.165) is 0 Å². The fourth-order valence-electron chi connectivity index (χ4n) is 3.76. The average molecular weight is 551 g/mol. The number of hydrogen-bond donors (Lipinski definition) is 6. The standard InChI is InChI=1S/C31H30N6O4/c38-28(32-24-14-18-26(19-15-24)36-30(40)34-22-8-3-1-4-9-22)12-7-13-29(39)33-25-16-20-27(21-17-25)37-31(41)35-23-10-5-2-6-11-23/h1-6,8-11,14-21H,7,12-13H2,(H,32,38)(H,33,39)(H2,34,36,40)(H2,35,37,41). The van der Waals surface area contributed by atoms with Crippen molar-refractivity contribution in [2.75, 3.05) is 31.9 Å². The molecule has 0 saturated heterocycles. The van der Waals surface area contributed by atoms with Crippen LogP contribution < -0.4 is 31.9 Å². The molecule has 4 aromatic rings. The van der Waals surface area contributed by atoms with E-state index >= 15 is 0 Å². The van der Waals surface area contributed by atoms with Crippen molar-refractivity contribution >= 4 is 58.0 Å². The molecule has 0 aliphatic rings. The van der Waals surface area contributed by atoms with Gasteiger partial charge in [-0.1, -0.05) is 36.4 Å². The van der Waals surface area contributed by atoms with Crippen LogP contribution in [0.4, 0.5) is 43.7 Å². The third-order valence-corrected chi connectivity index (χ3v) is 5.72. The molecule has 10 heteroatoms. The first-order valence-corrected chi connectivity index (χ1v) is 13.0. The van der Waals surface area contributed by atoms with Crippen molar-refractivity contribution in [3.63, 3.8) is 0 Å². The lowest BCUT2D eigenvalue weighted by Gasteiger charge is -2.10. The second-order valence-corrected chi connectivity index (χ2v) is 8.99. The van der Waals surface area contributed by atoms with Gasteiger partial charge in [0.05, 0.1) is 0 Å². The second-order valence-electron chi connectivity index (χ2n) is 8.99. The fraction of sp³-hybridized carbons (Fsp3) is 0.0968. The third-order valence-electron chi connectivity index (χ3n) is 5.72. The van der Waals surface area contributed by atoms with Crippen LogP contribution in [0.3, 0.4) is 0 Å². The number of para-hydroxylation sites is 2. The molecule has 0 aromatic heterocycles. The van der Waals surface area contributed by atoms with Crippen molar-refractivity contribution in [3.8, 4) is 0 Å². The molecule has 10 nitrogen and oxygen atoms in total. The summed E-state index contributed by atoms with van der Waals surface area (Å²) in [6.07, 6.45) is 0.717. The Morgan fingerprint density at radius 1 is 0.366 bits per heavy atom. The summed E-state index contributed by atoms with van der Waals surface area (Å²) in [5, 5.41) is 16.5. The average Bonchev–Trinajstić information content (AvgIpc) is 2.96. The molecular formula is C31H30N6O4. The van der Waals surface area contributed by atoms with Gasteiger partial charge in [-0.3, -0.25) is 9.59 Å². The minimum absolute atomic E-state index is 0.173. The number of hydrogen-bond acceptors (Lipinski definition) is 4. The summed E-state index contributed by atoms with van der Waals surface area (Å²) in [5.41, 5.74) is 3.68. The largest absolute Gasteiger partial charge is 0.326 e. The number of carbonyl (C=O) groups excluding carboxylic acids is 4. The number of rotatable bonds is 10. The van der Waals surface area contributed by atoms with Crippen LogP contribution in [0.1, 0.15) is 19.3 Å². The van der Waals surface area contributed by atoms with Crippen LogP contribution in [0.5, 0.6) is 0 Å².